The van der Waals surface area contributed by atoms with Crippen LogP contribution in [0.4, 0.5) is 5.69 Å². The molecular formula is C18H16N2O7. The van der Waals surface area contributed by atoms with E-state index in [4.69, 9.17) is 9.47 Å². The van der Waals surface area contributed by atoms with Gasteiger partial charge in [0.05, 0.1) is 23.3 Å². The Morgan fingerprint density at radius 3 is 2.44 bits per heavy atom. The Labute approximate surface area is 154 Å². The van der Waals surface area contributed by atoms with Gasteiger partial charge in [0.15, 0.2) is 11.5 Å². The van der Waals surface area contributed by atoms with Gasteiger partial charge in [-0.25, -0.2) is 9.59 Å². The van der Waals surface area contributed by atoms with Gasteiger partial charge in [0.25, 0.3) is 5.69 Å². The summed E-state index contributed by atoms with van der Waals surface area (Å²) < 4.78 is 10.8. The van der Waals surface area contributed by atoms with Crippen molar-refractivity contribution in [2.75, 3.05) is 6.61 Å². The SMILES string of the molecule is CCOc1cc(C=NOC(C)=O)ccc1OC(=O)c1ccc([N+](=O)[O-])cc1. The third-order valence-electron chi connectivity index (χ3n) is 3.17. The van der Waals surface area contributed by atoms with Gasteiger partial charge in [0.2, 0.25) is 0 Å². The van der Waals surface area contributed by atoms with Crippen LogP contribution in [0.2, 0.25) is 0 Å². The summed E-state index contributed by atoms with van der Waals surface area (Å²) in [5.74, 6) is -0.776. The van der Waals surface area contributed by atoms with Gasteiger partial charge in [-0.1, -0.05) is 5.16 Å². The van der Waals surface area contributed by atoms with E-state index in [1.54, 1.807) is 19.1 Å². The molecule has 0 atom stereocenters. The lowest BCUT2D eigenvalue weighted by Crippen LogP contribution is -2.10. The first kappa shape index (κ1) is 19.6. The number of carbonyl (C=O) groups is 2. The summed E-state index contributed by atoms with van der Waals surface area (Å²) in [5.41, 5.74) is 0.594. The number of esters is 1. The third-order valence-corrected chi connectivity index (χ3v) is 3.17. The molecule has 0 aliphatic rings. The van der Waals surface area contributed by atoms with Crippen LogP contribution in [0.1, 0.15) is 29.8 Å². The minimum absolute atomic E-state index is 0.127. The lowest BCUT2D eigenvalue weighted by molar-refractivity contribution is -0.384. The molecule has 2 rings (SSSR count). The molecule has 0 saturated carbocycles. The number of ether oxygens (including phenoxy) is 2. The molecule has 0 unspecified atom stereocenters. The molecule has 2 aromatic rings. The van der Waals surface area contributed by atoms with Crippen LogP contribution in [0.15, 0.2) is 47.6 Å². The minimum atomic E-state index is -0.688. The van der Waals surface area contributed by atoms with Gasteiger partial charge in [0.1, 0.15) is 0 Å². The fraction of sp³-hybridized carbons (Fsp3) is 0.167. The highest BCUT2D eigenvalue weighted by Crippen LogP contribution is 2.29. The van der Waals surface area contributed by atoms with Crippen molar-refractivity contribution >= 4 is 23.8 Å². The Morgan fingerprint density at radius 2 is 1.85 bits per heavy atom. The molecule has 0 amide bonds. The number of rotatable bonds is 7. The lowest BCUT2D eigenvalue weighted by atomic mass is 10.2. The molecule has 0 spiro atoms. The fourth-order valence-electron chi connectivity index (χ4n) is 2.00. The largest absolute Gasteiger partial charge is 0.490 e. The molecule has 0 aliphatic heterocycles. The summed E-state index contributed by atoms with van der Waals surface area (Å²) in [4.78, 5) is 37.6. The topological polar surface area (TPSA) is 117 Å². The Bertz CT molecular complexity index is 876. The van der Waals surface area contributed by atoms with Crippen LogP contribution in [0, 0.1) is 10.1 Å². The van der Waals surface area contributed by atoms with E-state index in [0.717, 1.165) is 0 Å². The maximum Gasteiger partial charge on any atom is 0.343 e. The Morgan fingerprint density at radius 1 is 1.15 bits per heavy atom. The van der Waals surface area contributed by atoms with Gasteiger partial charge in [-0.15, -0.1) is 0 Å². The predicted molar refractivity (Wildman–Crippen MR) is 95.0 cm³/mol. The van der Waals surface area contributed by atoms with Crippen LogP contribution in [0.5, 0.6) is 11.5 Å². The van der Waals surface area contributed by atoms with E-state index in [0.29, 0.717) is 17.9 Å². The quantitative estimate of drug-likeness (QED) is 0.183. The first-order chi connectivity index (χ1) is 12.9. The Balaban J connectivity index is 2.18. The highest BCUT2D eigenvalue weighted by molar-refractivity contribution is 5.92. The molecular weight excluding hydrogens is 356 g/mol. The first-order valence-corrected chi connectivity index (χ1v) is 7.85. The van der Waals surface area contributed by atoms with E-state index in [9.17, 15) is 19.7 Å². The van der Waals surface area contributed by atoms with Gasteiger partial charge >= 0.3 is 11.9 Å². The number of benzene rings is 2. The molecule has 2 aromatic carbocycles. The summed E-state index contributed by atoms with van der Waals surface area (Å²) in [6, 6.07) is 9.71. The average molecular weight is 372 g/mol. The number of carbonyl (C=O) groups excluding carboxylic acids is 2. The minimum Gasteiger partial charge on any atom is -0.490 e. The maximum atomic E-state index is 12.3. The average Bonchev–Trinajstić information content (AvgIpc) is 2.63. The van der Waals surface area contributed by atoms with Crippen LogP contribution >= 0.6 is 0 Å². The molecule has 0 aliphatic carbocycles. The molecule has 0 fully saturated rings. The van der Waals surface area contributed by atoms with Crippen molar-refractivity contribution in [2.45, 2.75) is 13.8 Å². The molecule has 0 radical (unpaired) electrons. The van der Waals surface area contributed by atoms with E-state index in [1.165, 1.54) is 43.5 Å². The fourth-order valence-corrected chi connectivity index (χ4v) is 2.00. The van der Waals surface area contributed by atoms with Gasteiger partial charge < -0.3 is 14.3 Å². The van der Waals surface area contributed by atoms with E-state index in [1.807, 2.05) is 0 Å². The van der Waals surface area contributed by atoms with Gasteiger partial charge in [-0.05, 0) is 37.3 Å². The lowest BCUT2D eigenvalue weighted by Gasteiger charge is -2.11. The number of nitro groups is 1. The maximum absolute atomic E-state index is 12.3. The molecule has 0 bridgehead atoms. The Hall–Kier alpha value is -3.75. The van der Waals surface area contributed by atoms with Crippen molar-refractivity contribution in [1.82, 2.24) is 0 Å². The monoisotopic (exact) mass is 372 g/mol. The highest BCUT2D eigenvalue weighted by Gasteiger charge is 2.15. The van der Waals surface area contributed by atoms with Gasteiger partial charge in [-0.2, -0.15) is 0 Å². The summed E-state index contributed by atoms with van der Waals surface area (Å²) in [6.45, 7) is 3.32. The number of hydrogen-bond acceptors (Lipinski definition) is 8. The molecule has 0 aromatic heterocycles. The summed E-state index contributed by atoms with van der Waals surface area (Å²) in [7, 11) is 0. The molecule has 140 valence electrons. The van der Waals surface area contributed by atoms with Crippen LogP contribution in [0.25, 0.3) is 0 Å². The number of oxime groups is 1. The second kappa shape index (κ2) is 9.09. The Kier molecular flexibility index (Phi) is 6.59. The van der Waals surface area contributed by atoms with Crippen LogP contribution in [-0.4, -0.2) is 29.7 Å². The van der Waals surface area contributed by atoms with E-state index < -0.39 is 16.9 Å². The van der Waals surface area contributed by atoms with E-state index in [2.05, 4.69) is 9.99 Å². The number of nitro benzene ring substituents is 1. The van der Waals surface area contributed by atoms with Crippen LogP contribution < -0.4 is 9.47 Å². The molecule has 9 nitrogen and oxygen atoms in total. The summed E-state index contributed by atoms with van der Waals surface area (Å²) in [6.07, 6.45) is 1.31. The first-order valence-electron chi connectivity index (χ1n) is 7.85. The second-order valence-electron chi connectivity index (χ2n) is 5.15. The number of non-ortho nitro benzene ring substituents is 1. The molecule has 27 heavy (non-hydrogen) atoms. The second-order valence-corrected chi connectivity index (χ2v) is 5.15. The van der Waals surface area contributed by atoms with Crippen LogP contribution in [0.3, 0.4) is 0 Å². The normalized spacial score (nSPS) is 10.4. The van der Waals surface area contributed by atoms with Crippen molar-refractivity contribution in [3.8, 4) is 11.5 Å². The summed E-state index contributed by atoms with van der Waals surface area (Å²) >= 11 is 0. The zero-order valence-electron chi connectivity index (χ0n) is 14.6. The smallest absolute Gasteiger partial charge is 0.343 e. The molecule has 0 saturated heterocycles. The molecule has 0 N–H and O–H groups in total. The molecule has 0 heterocycles. The van der Waals surface area contributed by atoms with Crippen molar-refractivity contribution in [2.24, 2.45) is 5.16 Å². The third kappa shape index (κ3) is 5.63. The van der Waals surface area contributed by atoms with E-state index in [-0.39, 0.29) is 17.0 Å². The molecule has 9 heteroatoms. The zero-order chi connectivity index (χ0) is 19.8. The predicted octanol–water partition coefficient (Wildman–Crippen LogP) is 3.11. The standard InChI is InChI=1S/C18H16N2O7/c1-3-25-17-10-13(11-19-27-12(2)21)4-9-16(17)26-18(22)14-5-7-15(8-6-14)20(23)24/h4-11H,3H2,1-2H3. The number of hydrogen-bond donors (Lipinski definition) is 0. The van der Waals surface area contributed by atoms with Crippen LogP contribution in [-0.2, 0) is 9.63 Å². The van der Waals surface area contributed by atoms with Crippen molar-refractivity contribution in [3.63, 3.8) is 0 Å². The van der Waals surface area contributed by atoms with Gasteiger partial charge in [0, 0.05) is 24.6 Å². The van der Waals surface area contributed by atoms with Gasteiger partial charge in [-0.3, -0.25) is 10.1 Å². The van der Waals surface area contributed by atoms with Crippen molar-refractivity contribution in [1.29, 1.82) is 0 Å². The van der Waals surface area contributed by atoms with E-state index >= 15 is 0 Å². The van der Waals surface area contributed by atoms with Crippen molar-refractivity contribution < 1.29 is 28.8 Å². The summed E-state index contributed by atoms with van der Waals surface area (Å²) in [5, 5.41) is 14.2. The van der Waals surface area contributed by atoms with Crippen molar-refractivity contribution in [3.05, 3.63) is 63.7 Å². The number of nitrogens with zero attached hydrogens (tertiary/aromatic N) is 2. The zero-order valence-corrected chi connectivity index (χ0v) is 14.6. The highest BCUT2D eigenvalue weighted by atomic mass is 16.7.